The van der Waals surface area contributed by atoms with E-state index in [2.05, 4.69) is 61.8 Å². The van der Waals surface area contributed by atoms with E-state index < -0.39 is 0 Å². The number of H-pyrrole nitrogens is 1. The molecule has 0 fully saturated rings. The summed E-state index contributed by atoms with van der Waals surface area (Å²) < 4.78 is 0.880. The summed E-state index contributed by atoms with van der Waals surface area (Å²) in [7, 11) is 0. The number of likely N-dealkylation sites (N-methyl/N-ethyl adjacent to an activating group) is 1. The van der Waals surface area contributed by atoms with Crippen LogP contribution < -0.4 is 5.32 Å². The minimum Gasteiger partial charge on any atom is -0.356 e. The molecule has 2 N–H and O–H groups in total. The number of thiophene rings is 1. The molecular weight excluding hydrogens is 350 g/mol. The van der Waals surface area contributed by atoms with Crippen LogP contribution in [0.5, 0.6) is 0 Å². The van der Waals surface area contributed by atoms with E-state index >= 15 is 0 Å². The maximum absolute atomic E-state index is 12.2. The van der Waals surface area contributed by atoms with Gasteiger partial charge in [-0.15, -0.1) is 0 Å². The fourth-order valence-corrected chi connectivity index (χ4v) is 3.42. The lowest BCUT2D eigenvalue weighted by molar-refractivity contribution is 0.0930. The molecule has 0 aliphatic rings. The number of hydrogen-bond acceptors (Lipinski definition) is 3. The van der Waals surface area contributed by atoms with E-state index in [1.54, 1.807) is 23.6 Å². The quantitative estimate of drug-likeness (QED) is 0.782. The first-order chi connectivity index (χ1) is 10.2. The Labute approximate surface area is 137 Å². The number of amides is 1. The Kier molecular flexibility index (Phi) is 6.02. The van der Waals surface area contributed by atoms with Gasteiger partial charge >= 0.3 is 0 Å². The van der Waals surface area contributed by atoms with Crippen LogP contribution in [-0.2, 0) is 0 Å². The normalized spacial score (nSPS) is 12.6. The lowest BCUT2D eigenvalue weighted by Crippen LogP contribution is -2.38. The maximum Gasteiger partial charge on any atom is 0.267 e. The summed E-state index contributed by atoms with van der Waals surface area (Å²) in [6.45, 7) is 6.81. The average molecular weight is 370 g/mol. The van der Waals surface area contributed by atoms with E-state index in [9.17, 15) is 4.79 Å². The van der Waals surface area contributed by atoms with Crippen LogP contribution in [0.4, 0.5) is 0 Å². The number of rotatable bonds is 7. The molecule has 1 atom stereocenters. The molecule has 114 valence electrons. The van der Waals surface area contributed by atoms with E-state index in [1.165, 1.54) is 5.56 Å². The largest absolute Gasteiger partial charge is 0.356 e. The molecule has 1 amide bonds. The zero-order valence-electron chi connectivity index (χ0n) is 12.2. The number of carbonyl (C=O) groups excluding carboxylic acids is 1. The van der Waals surface area contributed by atoms with Crippen LogP contribution in [0.25, 0.3) is 0 Å². The highest BCUT2D eigenvalue weighted by Crippen LogP contribution is 2.22. The standard InChI is InChI=1S/C15H20BrN3OS/c1-3-19(4-2)14(11-5-6-21-10-11)9-18-15(20)13-7-12(16)8-17-13/h5-8,10,14,17H,3-4,9H2,1-2H3,(H,18,20). The molecule has 0 aliphatic carbocycles. The minimum absolute atomic E-state index is 0.0758. The number of aromatic nitrogens is 1. The summed E-state index contributed by atoms with van der Waals surface area (Å²) in [6.07, 6.45) is 1.76. The first-order valence-corrected chi connectivity index (χ1v) is 8.77. The number of nitrogens with one attached hydrogen (secondary N) is 2. The second-order valence-electron chi connectivity index (χ2n) is 4.74. The predicted octanol–water partition coefficient (Wildman–Crippen LogP) is 3.65. The van der Waals surface area contributed by atoms with Crippen molar-refractivity contribution in [2.45, 2.75) is 19.9 Å². The average Bonchev–Trinajstić information content (AvgIpc) is 3.14. The molecule has 0 saturated heterocycles. The van der Waals surface area contributed by atoms with Gasteiger partial charge in [-0.3, -0.25) is 9.69 Å². The number of halogens is 1. The molecule has 2 heterocycles. The summed E-state index contributed by atoms with van der Waals surface area (Å²) in [5, 5.41) is 7.25. The van der Waals surface area contributed by atoms with Crippen molar-refractivity contribution < 1.29 is 4.79 Å². The van der Waals surface area contributed by atoms with Gasteiger partial charge in [-0.1, -0.05) is 13.8 Å². The predicted molar refractivity (Wildman–Crippen MR) is 90.8 cm³/mol. The molecule has 0 aliphatic heterocycles. The molecule has 0 radical (unpaired) electrons. The fraction of sp³-hybridized carbons (Fsp3) is 0.400. The lowest BCUT2D eigenvalue weighted by Gasteiger charge is -2.29. The van der Waals surface area contributed by atoms with Crippen molar-refractivity contribution in [2.24, 2.45) is 0 Å². The van der Waals surface area contributed by atoms with Gasteiger partial charge in [-0.2, -0.15) is 11.3 Å². The van der Waals surface area contributed by atoms with E-state index in [4.69, 9.17) is 0 Å². The van der Waals surface area contributed by atoms with Gasteiger partial charge in [0, 0.05) is 17.2 Å². The van der Waals surface area contributed by atoms with Crippen molar-refractivity contribution in [1.82, 2.24) is 15.2 Å². The Morgan fingerprint density at radius 3 is 2.76 bits per heavy atom. The molecule has 4 nitrogen and oxygen atoms in total. The van der Waals surface area contributed by atoms with Crippen LogP contribution in [-0.4, -0.2) is 35.4 Å². The van der Waals surface area contributed by atoms with Crippen LogP contribution in [0, 0.1) is 0 Å². The third-order valence-electron chi connectivity index (χ3n) is 3.53. The summed E-state index contributed by atoms with van der Waals surface area (Å²) in [5.74, 6) is -0.0758. The van der Waals surface area contributed by atoms with Crippen molar-refractivity contribution in [2.75, 3.05) is 19.6 Å². The Bertz CT molecular complexity index is 563. The van der Waals surface area contributed by atoms with Gasteiger partial charge in [0.1, 0.15) is 5.69 Å². The topological polar surface area (TPSA) is 48.1 Å². The zero-order chi connectivity index (χ0) is 15.2. The Morgan fingerprint density at radius 2 is 2.24 bits per heavy atom. The van der Waals surface area contributed by atoms with Gasteiger partial charge in [0.2, 0.25) is 0 Å². The first kappa shape index (κ1) is 16.3. The van der Waals surface area contributed by atoms with Crippen molar-refractivity contribution in [3.63, 3.8) is 0 Å². The Hall–Kier alpha value is -1.11. The molecule has 6 heteroatoms. The molecule has 0 spiro atoms. The van der Waals surface area contributed by atoms with Crippen molar-refractivity contribution in [3.8, 4) is 0 Å². The van der Waals surface area contributed by atoms with Gasteiger partial charge in [0.15, 0.2) is 0 Å². The fourth-order valence-electron chi connectivity index (χ4n) is 2.37. The second-order valence-corrected chi connectivity index (χ2v) is 6.43. The van der Waals surface area contributed by atoms with Crippen LogP contribution >= 0.6 is 27.3 Å². The van der Waals surface area contributed by atoms with Gasteiger partial charge in [-0.05, 0) is 57.5 Å². The molecule has 1 unspecified atom stereocenters. The van der Waals surface area contributed by atoms with E-state index in [0.717, 1.165) is 17.6 Å². The molecule has 2 aromatic rings. The SMILES string of the molecule is CCN(CC)C(CNC(=O)c1cc(Br)c[nH]1)c1ccsc1. The van der Waals surface area contributed by atoms with E-state index in [0.29, 0.717) is 12.2 Å². The zero-order valence-corrected chi connectivity index (χ0v) is 14.6. The third-order valence-corrected chi connectivity index (χ3v) is 4.69. The van der Waals surface area contributed by atoms with Crippen LogP contribution in [0.1, 0.15) is 35.9 Å². The van der Waals surface area contributed by atoms with Crippen LogP contribution in [0.3, 0.4) is 0 Å². The summed E-state index contributed by atoms with van der Waals surface area (Å²) in [4.78, 5) is 17.5. The Balaban J connectivity index is 2.04. The summed E-state index contributed by atoms with van der Waals surface area (Å²) in [6, 6.07) is 4.13. The lowest BCUT2D eigenvalue weighted by atomic mass is 10.1. The summed E-state index contributed by atoms with van der Waals surface area (Å²) >= 11 is 5.03. The smallest absolute Gasteiger partial charge is 0.267 e. The number of hydrogen-bond donors (Lipinski definition) is 2. The minimum atomic E-state index is -0.0758. The number of nitrogens with zero attached hydrogens (tertiary/aromatic N) is 1. The van der Waals surface area contributed by atoms with Gasteiger partial charge < -0.3 is 10.3 Å². The van der Waals surface area contributed by atoms with Gasteiger partial charge in [-0.25, -0.2) is 0 Å². The highest BCUT2D eigenvalue weighted by molar-refractivity contribution is 9.10. The molecule has 0 saturated carbocycles. The number of aromatic amines is 1. The van der Waals surface area contributed by atoms with Crippen molar-refractivity contribution in [1.29, 1.82) is 0 Å². The van der Waals surface area contributed by atoms with E-state index in [1.807, 2.05) is 0 Å². The highest BCUT2D eigenvalue weighted by atomic mass is 79.9. The molecular formula is C15H20BrN3OS. The van der Waals surface area contributed by atoms with Crippen molar-refractivity contribution in [3.05, 3.63) is 44.8 Å². The molecule has 0 aromatic carbocycles. The third kappa shape index (κ3) is 4.18. The molecule has 21 heavy (non-hydrogen) atoms. The van der Waals surface area contributed by atoms with Crippen LogP contribution in [0.2, 0.25) is 0 Å². The first-order valence-electron chi connectivity index (χ1n) is 7.04. The van der Waals surface area contributed by atoms with Crippen LogP contribution in [0.15, 0.2) is 33.6 Å². The number of carbonyl (C=O) groups is 1. The van der Waals surface area contributed by atoms with Crippen molar-refractivity contribution >= 4 is 33.2 Å². The molecule has 2 rings (SSSR count). The highest BCUT2D eigenvalue weighted by Gasteiger charge is 2.19. The molecule has 0 bridgehead atoms. The molecule has 2 aromatic heterocycles. The van der Waals surface area contributed by atoms with Gasteiger partial charge in [0.25, 0.3) is 5.91 Å². The summed E-state index contributed by atoms with van der Waals surface area (Å²) in [5.41, 5.74) is 1.84. The second kappa shape index (κ2) is 7.77. The Morgan fingerprint density at radius 1 is 1.48 bits per heavy atom. The van der Waals surface area contributed by atoms with E-state index in [-0.39, 0.29) is 11.9 Å². The maximum atomic E-state index is 12.2. The monoisotopic (exact) mass is 369 g/mol. The van der Waals surface area contributed by atoms with Gasteiger partial charge in [0.05, 0.1) is 6.04 Å².